The van der Waals surface area contributed by atoms with Crippen molar-refractivity contribution in [2.75, 3.05) is 11.9 Å². The Morgan fingerprint density at radius 1 is 1.03 bits per heavy atom. The van der Waals surface area contributed by atoms with Gasteiger partial charge in [-0.05, 0) is 59.3 Å². The number of carbonyl (C=O) groups is 3. The summed E-state index contributed by atoms with van der Waals surface area (Å²) in [7, 11) is 0. The van der Waals surface area contributed by atoms with E-state index in [1.807, 2.05) is 48.5 Å². The molecule has 0 radical (unpaired) electrons. The predicted octanol–water partition coefficient (Wildman–Crippen LogP) is 3.22. The Morgan fingerprint density at radius 3 is 2.58 bits per heavy atom. The van der Waals surface area contributed by atoms with Gasteiger partial charge in [0.2, 0.25) is 5.91 Å². The number of rotatable bonds is 7. The largest absolute Gasteiger partial charge is 0.325 e. The van der Waals surface area contributed by atoms with Crippen LogP contribution in [0.15, 0.2) is 95.0 Å². The molecule has 4 aromatic rings. The lowest BCUT2D eigenvalue weighted by Crippen LogP contribution is -2.42. The lowest BCUT2D eigenvalue weighted by molar-refractivity contribution is -0.133. The van der Waals surface area contributed by atoms with Crippen molar-refractivity contribution >= 4 is 35.3 Å². The maximum atomic E-state index is 13.3. The third kappa shape index (κ3) is 4.56. The summed E-state index contributed by atoms with van der Waals surface area (Å²) in [6, 6.07) is 23.5. The van der Waals surface area contributed by atoms with Gasteiger partial charge in [-0.15, -0.1) is 5.10 Å². The topological polar surface area (TPSA) is 122 Å². The quantitative estimate of drug-likeness (QED) is 0.374. The van der Waals surface area contributed by atoms with E-state index < -0.39 is 29.9 Å². The summed E-state index contributed by atoms with van der Waals surface area (Å²) in [4.78, 5) is 41.8. The number of carbonyl (C=O) groups excluding carboxylic acids is 3. The molecule has 1 fully saturated rings. The van der Waals surface area contributed by atoms with Crippen LogP contribution in [0.4, 0.5) is 10.5 Å². The van der Waals surface area contributed by atoms with E-state index in [1.165, 1.54) is 22.8 Å². The molecule has 1 aliphatic rings. The number of hydrogen-bond acceptors (Lipinski definition) is 7. The molecule has 0 aliphatic carbocycles. The van der Waals surface area contributed by atoms with Crippen LogP contribution >= 0.6 is 11.8 Å². The minimum atomic E-state index is -1.34. The van der Waals surface area contributed by atoms with Crippen molar-refractivity contribution < 1.29 is 14.4 Å². The molecule has 11 heteroatoms. The van der Waals surface area contributed by atoms with E-state index in [-0.39, 0.29) is 0 Å². The average Bonchev–Trinajstić information content (AvgIpc) is 3.50. The fourth-order valence-electron chi connectivity index (χ4n) is 3.88. The van der Waals surface area contributed by atoms with E-state index >= 15 is 0 Å². The molecule has 0 bridgehead atoms. The molecular formula is C25H21N7O3S. The van der Waals surface area contributed by atoms with Crippen molar-refractivity contribution in [1.82, 2.24) is 30.4 Å². The zero-order chi connectivity index (χ0) is 25.1. The summed E-state index contributed by atoms with van der Waals surface area (Å²) in [6.45, 7) is 1.19. The Bertz CT molecular complexity index is 1430. The summed E-state index contributed by atoms with van der Waals surface area (Å²) in [6.07, 6.45) is 1.43. The fourth-order valence-corrected chi connectivity index (χ4v) is 4.81. The van der Waals surface area contributed by atoms with E-state index in [1.54, 1.807) is 37.3 Å². The van der Waals surface area contributed by atoms with Crippen molar-refractivity contribution in [2.45, 2.75) is 22.3 Å². The van der Waals surface area contributed by atoms with Gasteiger partial charge < -0.3 is 10.6 Å². The third-order valence-electron chi connectivity index (χ3n) is 5.75. The van der Waals surface area contributed by atoms with Gasteiger partial charge in [0.15, 0.2) is 0 Å². The maximum absolute atomic E-state index is 13.3. The highest BCUT2D eigenvalue weighted by Crippen LogP contribution is 2.33. The number of anilines is 1. The van der Waals surface area contributed by atoms with Crippen LogP contribution in [-0.2, 0) is 15.1 Å². The molecule has 3 aromatic carbocycles. The molecule has 180 valence electrons. The number of nitrogens with zero attached hydrogens (tertiary/aromatic N) is 5. The molecule has 4 amide bonds. The number of nitrogens with one attached hydrogen (secondary N) is 2. The molecule has 5 rings (SSSR count). The van der Waals surface area contributed by atoms with Crippen LogP contribution < -0.4 is 10.6 Å². The second-order valence-corrected chi connectivity index (χ2v) is 9.33. The van der Waals surface area contributed by atoms with Crippen LogP contribution in [-0.4, -0.2) is 49.5 Å². The van der Waals surface area contributed by atoms with Gasteiger partial charge in [-0.3, -0.25) is 14.5 Å². The molecule has 0 spiro atoms. The van der Waals surface area contributed by atoms with Crippen LogP contribution in [0.25, 0.3) is 5.69 Å². The second-order valence-electron chi connectivity index (χ2n) is 8.21. The molecule has 0 unspecified atom stereocenters. The predicted molar refractivity (Wildman–Crippen MR) is 132 cm³/mol. The van der Waals surface area contributed by atoms with Crippen molar-refractivity contribution in [1.29, 1.82) is 0 Å². The summed E-state index contributed by atoms with van der Waals surface area (Å²) < 4.78 is 1.45. The van der Waals surface area contributed by atoms with Crippen LogP contribution in [0.3, 0.4) is 0 Å². The number of imide groups is 1. The lowest BCUT2D eigenvalue weighted by Gasteiger charge is -2.22. The van der Waals surface area contributed by atoms with Gasteiger partial charge in [0.25, 0.3) is 5.91 Å². The smallest absolute Gasteiger partial charge is 0.323 e. The number of hydrogen-bond donors (Lipinski definition) is 2. The first kappa shape index (κ1) is 23.2. The average molecular weight is 500 g/mol. The second kappa shape index (κ2) is 9.62. The highest BCUT2D eigenvalue weighted by atomic mass is 32.2. The van der Waals surface area contributed by atoms with Gasteiger partial charge in [0, 0.05) is 9.79 Å². The number of tetrazole rings is 1. The number of urea groups is 1. The van der Waals surface area contributed by atoms with Crippen LogP contribution in [0, 0.1) is 0 Å². The number of amides is 4. The van der Waals surface area contributed by atoms with Crippen LogP contribution in [0.5, 0.6) is 0 Å². The minimum absolute atomic E-state index is 0.419. The third-order valence-corrected chi connectivity index (χ3v) is 6.83. The Hall–Kier alpha value is -4.51. The van der Waals surface area contributed by atoms with Gasteiger partial charge in [-0.1, -0.05) is 54.2 Å². The van der Waals surface area contributed by atoms with Crippen molar-refractivity contribution in [2.24, 2.45) is 0 Å². The highest BCUT2D eigenvalue weighted by Gasteiger charge is 2.49. The molecule has 2 N–H and O–H groups in total. The van der Waals surface area contributed by atoms with Crippen molar-refractivity contribution in [3.8, 4) is 5.69 Å². The standard InChI is InChI=1S/C25H21N7O3S/c1-25(17-8-7-9-18(14-17)32-16-26-29-30-32)23(34)31(24(35)28-25)15-22(33)27-20-12-5-6-13-21(20)36-19-10-3-2-4-11-19/h2-14,16H,15H2,1H3,(H,27,33)(H,28,35)/t25-/m0/s1. The molecule has 0 saturated carbocycles. The van der Waals surface area contributed by atoms with E-state index in [4.69, 9.17) is 0 Å². The fraction of sp³-hybridized carbons (Fsp3) is 0.120. The Kier molecular flexibility index (Phi) is 6.21. The monoisotopic (exact) mass is 499 g/mol. The lowest BCUT2D eigenvalue weighted by atomic mass is 9.91. The Balaban J connectivity index is 1.31. The van der Waals surface area contributed by atoms with Crippen LogP contribution in [0.2, 0.25) is 0 Å². The van der Waals surface area contributed by atoms with Crippen LogP contribution in [0.1, 0.15) is 12.5 Å². The maximum Gasteiger partial charge on any atom is 0.325 e. The molecule has 2 heterocycles. The minimum Gasteiger partial charge on any atom is -0.323 e. The first-order valence-electron chi connectivity index (χ1n) is 11.0. The molecule has 1 aliphatic heterocycles. The van der Waals surface area contributed by atoms with Gasteiger partial charge in [-0.25, -0.2) is 9.48 Å². The van der Waals surface area contributed by atoms with Gasteiger partial charge >= 0.3 is 6.03 Å². The first-order valence-corrected chi connectivity index (χ1v) is 11.9. The molecule has 10 nitrogen and oxygen atoms in total. The molecule has 36 heavy (non-hydrogen) atoms. The molecule has 1 saturated heterocycles. The van der Waals surface area contributed by atoms with Gasteiger partial charge in [0.1, 0.15) is 18.4 Å². The SMILES string of the molecule is C[C@@]1(c2cccc(-n3cnnn3)c2)NC(=O)N(CC(=O)Nc2ccccc2Sc2ccccc2)C1=O. The van der Waals surface area contributed by atoms with Gasteiger partial charge in [-0.2, -0.15) is 0 Å². The summed E-state index contributed by atoms with van der Waals surface area (Å²) in [5.74, 6) is -1.00. The Labute approximate surface area is 210 Å². The Morgan fingerprint density at radius 2 is 1.81 bits per heavy atom. The summed E-state index contributed by atoms with van der Waals surface area (Å²) in [5.41, 5.74) is 0.425. The highest BCUT2D eigenvalue weighted by molar-refractivity contribution is 7.99. The molecule has 1 aromatic heterocycles. The molecule has 1 atom stereocenters. The summed E-state index contributed by atoms with van der Waals surface area (Å²) >= 11 is 1.51. The first-order chi connectivity index (χ1) is 17.4. The van der Waals surface area contributed by atoms with E-state index in [2.05, 4.69) is 26.2 Å². The van der Waals surface area contributed by atoms with Crippen molar-refractivity contribution in [3.05, 3.63) is 90.8 Å². The normalized spacial score (nSPS) is 17.2. The number of para-hydroxylation sites is 1. The summed E-state index contributed by atoms with van der Waals surface area (Å²) in [5, 5.41) is 16.7. The van der Waals surface area contributed by atoms with Gasteiger partial charge in [0.05, 0.1) is 11.4 Å². The zero-order valence-electron chi connectivity index (χ0n) is 19.2. The number of benzene rings is 3. The molecular weight excluding hydrogens is 478 g/mol. The van der Waals surface area contributed by atoms with E-state index in [9.17, 15) is 14.4 Å². The number of aromatic nitrogens is 4. The van der Waals surface area contributed by atoms with Crippen molar-refractivity contribution in [3.63, 3.8) is 0 Å². The zero-order valence-corrected chi connectivity index (χ0v) is 20.0. The van der Waals surface area contributed by atoms with E-state index in [0.717, 1.165) is 14.7 Å². The van der Waals surface area contributed by atoms with E-state index in [0.29, 0.717) is 16.9 Å².